The number of carbonyl (C=O) groups excluding carboxylic acids is 2. The van der Waals surface area contributed by atoms with Crippen molar-refractivity contribution in [1.29, 1.82) is 0 Å². The van der Waals surface area contributed by atoms with Crippen LogP contribution in [0.3, 0.4) is 0 Å². The summed E-state index contributed by atoms with van der Waals surface area (Å²) in [7, 11) is 1.70. The first kappa shape index (κ1) is 7.44. The van der Waals surface area contributed by atoms with Gasteiger partial charge in [0.05, 0.1) is 0 Å². The van der Waals surface area contributed by atoms with Crippen molar-refractivity contribution in [3.8, 4) is 0 Å². The first-order valence-electron chi connectivity index (χ1n) is 2.99. The zero-order valence-corrected chi connectivity index (χ0v) is 5.94. The molecular weight excluding hydrogens is 144 g/mol. The Balaban J connectivity index is 3.02. The van der Waals surface area contributed by atoms with Gasteiger partial charge in [-0.3, -0.25) is 4.79 Å². The Labute approximate surface area is 63.2 Å². The second kappa shape index (κ2) is 2.94. The molecule has 0 saturated carbocycles. The summed E-state index contributed by atoms with van der Waals surface area (Å²) in [6.45, 7) is 0. The minimum Gasteiger partial charge on any atom is -0.347 e. The van der Waals surface area contributed by atoms with Crippen LogP contribution < -0.4 is 0 Å². The van der Waals surface area contributed by atoms with Crippen LogP contribution in [0.4, 0.5) is 0 Å². The lowest BCUT2D eigenvalue weighted by Gasteiger charge is -1.93. The molecule has 1 aromatic heterocycles. The fourth-order valence-electron chi connectivity index (χ4n) is 0.782. The topological polar surface area (TPSA) is 51.4 Å². The van der Waals surface area contributed by atoms with Crippen molar-refractivity contribution in [3.05, 3.63) is 24.0 Å². The lowest BCUT2D eigenvalue weighted by molar-refractivity contribution is 0.0995. The maximum atomic E-state index is 10.9. The van der Waals surface area contributed by atoms with Crippen molar-refractivity contribution in [3.63, 3.8) is 0 Å². The quantitative estimate of drug-likeness (QED) is 0.432. The lowest BCUT2D eigenvalue weighted by atomic mass is 10.4. The van der Waals surface area contributed by atoms with Crippen LogP contribution in [0.15, 0.2) is 23.3 Å². The first-order chi connectivity index (χ1) is 5.25. The molecule has 0 saturated heterocycles. The van der Waals surface area contributed by atoms with Crippen LogP contribution >= 0.6 is 0 Å². The SMILES string of the molecule is Cn1cccc1C(=O)N=C=O. The molecule has 0 spiro atoms. The molecule has 0 atom stereocenters. The van der Waals surface area contributed by atoms with E-state index in [9.17, 15) is 9.59 Å². The summed E-state index contributed by atoms with van der Waals surface area (Å²) in [5.74, 6) is -0.562. The number of aromatic nitrogens is 1. The van der Waals surface area contributed by atoms with Gasteiger partial charge in [0.15, 0.2) is 0 Å². The molecule has 0 unspecified atom stereocenters. The van der Waals surface area contributed by atoms with Crippen molar-refractivity contribution in [2.24, 2.45) is 12.0 Å². The van der Waals surface area contributed by atoms with E-state index in [4.69, 9.17) is 0 Å². The van der Waals surface area contributed by atoms with Crippen molar-refractivity contribution >= 4 is 12.0 Å². The third kappa shape index (κ3) is 1.42. The maximum Gasteiger partial charge on any atom is 0.304 e. The Morgan fingerprint density at radius 2 is 2.45 bits per heavy atom. The molecule has 1 aromatic rings. The monoisotopic (exact) mass is 150 g/mol. The predicted octanol–water partition coefficient (Wildman–Crippen LogP) is 0.501. The van der Waals surface area contributed by atoms with Crippen LogP contribution in [0.5, 0.6) is 0 Å². The summed E-state index contributed by atoms with van der Waals surface area (Å²) in [6.07, 6.45) is 2.90. The highest BCUT2D eigenvalue weighted by molar-refractivity contribution is 5.96. The number of aliphatic imine (C=N–C) groups is 1. The third-order valence-corrected chi connectivity index (χ3v) is 1.31. The molecule has 0 aliphatic heterocycles. The molecule has 0 aliphatic rings. The Morgan fingerprint density at radius 1 is 1.73 bits per heavy atom. The van der Waals surface area contributed by atoms with Gasteiger partial charge >= 0.3 is 5.91 Å². The largest absolute Gasteiger partial charge is 0.347 e. The van der Waals surface area contributed by atoms with E-state index in [1.54, 1.807) is 29.9 Å². The second-order valence-electron chi connectivity index (χ2n) is 2.01. The van der Waals surface area contributed by atoms with E-state index >= 15 is 0 Å². The van der Waals surface area contributed by atoms with Gasteiger partial charge in [-0.2, -0.15) is 0 Å². The van der Waals surface area contributed by atoms with Gasteiger partial charge in [0, 0.05) is 13.2 Å². The number of aryl methyl sites for hydroxylation is 1. The van der Waals surface area contributed by atoms with Crippen LogP contribution in [0.25, 0.3) is 0 Å². The van der Waals surface area contributed by atoms with Gasteiger partial charge in [-0.25, -0.2) is 4.79 Å². The van der Waals surface area contributed by atoms with E-state index in [1.807, 2.05) is 0 Å². The molecule has 4 nitrogen and oxygen atoms in total. The third-order valence-electron chi connectivity index (χ3n) is 1.31. The van der Waals surface area contributed by atoms with Crippen molar-refractivity contribution in [2.75, 3.05) is 0 Å². The van der Waals surface area contributed by atoms with E-state index < -0.39 is 5.91 Å². The van der Waals surface area contributed by atoms with Crippen molar-refractivity contribution in [1.82, 2.24) is 4.57 Å². The molecule has 56 valence electrons. The predicted molar refractivity (Wildman–Crippen MR) is 37.9 cm³/mol. The molecule has 11 heavy (non-hydrogen) atoms. The summed E-state index contributed by atoms with van der Waals surface area (Å²) in [5, 5.41) is 0. The summed E-state index contributed by atoms with van der Waals surface area (Å²) in [6, 6.07) is 3.29. The smallest absolute Gasteiger partial charge is 0.304 e. The Bertz CT molecular complexity index is 321. The van der Waals surface area contributed by atoms with Crippen LogP contribution in [0.2, 0.25) is 0 Å². The molecule has 0 aromatic carbocycles. The lowest BCUT2D eigenvalue weighted by Crippen LogP contribution is -2.01. The molecule has 0 N–H and O–H groups in total. The van der Waals surface area contributed by atoms with Crippen LogP contribution in [-0.2, 0) is 11.8 Å². The standard InChI is InChI=1S/C7H6N2O2/c1-9-4-2-3-6(9)7(11)8-5-10/h2-4H,1H3. The molecule has 1 heterocycles. The van der Waals surface area contributed by atoms with Gasteiger partial charge in [-0.05, 0) is 12.1 Å². The number of nitrogens with zero attached hydrogens (tertiary/aromatic N) is 2. The van der Waals surface area contributed by atoms with Gasteiger partial charge in [0.2, 0.25) is 6.08 Å². The highest BCUT2D eigenvalue weighted by Gasteiger charge is 2.05. The summed E-state index contributed by atoms with van der Waals surface area (Å²) in [4.78, 5) is 23.5. The molecule has 1 rings (SSSR count). The number of rotatable bonds is 1. The van der Waals surface area contributed by atoms with E-state index in [2.05, 4.69) is 4.99 Å². The number of hydrogen-bond donors (Lipinski definition) is 0. The Kier molecular flexibility index (Phi) is 1.99. The molecule has 1 amide bonds. The summed E-state index contributed by atoms with van der Waals surface area (Å²) in [5.41, 5.74) is 0.383. The fraction of sp³-hybridized carbons (Fsp3) is 0.143. The minimum absolute atomic E-state index is 0.383. The Hall–Kier alpha value is -1.67. The highest BCUT2D eigenvalue weighted by Crippen LogP contribution is 2.00. The Morgan fingerprint density at radius 3 is 2.91 bits per heavy atom. The number of hydrogen-bond acceptors (Lipinski definition) is 2. The molecule has 0 bridgehead atoms. The van der Waals surface area contributed by atoms with Gasteiger partial charge in [-0.15, -0.1) is 4.99 Å². The second-order valence-corrected chi connectivity index (χ2v) is 2.01. The molecule has 0 radical (unpaired) electrons. The fourth-order valence-corrected chi connectivity index (χ4v) is 0.782. The minimum atomic E-state index is -0.562. The van der Waals surface area contributed by atoms with Gasteiger partial charge in [0.25, 0.3) is 0 Å². The summed E-state index contributed by atoms with van der Waals surface area (Å²) >= 11 is 0. The average molecular weight is 150 g/mol. The van der Waals surface area contributed by atoms with Gasteiger partial charge in [-0.1, -0.05) is 0 Å². The van der Waals surface area contributed by atoms with Gasteiger partial charge in [0.1, 0.15) is 5.69 Å². The zero-order chi connectivity index (χ0) is 8.27. The highest BCUT2D eigenvalue weighted by atomic mass is 16.2. The molecule has 0 aliphatic carbocycles. The van der Waals surface area contributed by atoms with E-state index in [0.717, 1.165) is 0 Å². The number of amides is 1. The zero-order valence-electron chi connectivity index (χ0n) is 5.94. The summed E-state index contributed by atoms with van der Waals surface area (Å²) < 4.78 is 1.59. The van der Waals surface area contributed by atoms with E-state index in [1.165, 1.54) is 6.08 Å². The average Bonchev–Trinajstić information content (AvgIpc) is 2.36. The molecular formula is C7H6N2O2. The number of carbonyl (C=O) groups is 1. The first-order valence-corrected chi connectivity index (χ1v) is 2.99. The van der Waals surface area contributed by atoms with E-state index in [0.29, 0.717) is 5.69 Å². The van der Waals surface area contributed by atoms with Crippen LogP contribution in [0.1, 0.15) is 10.5 Å². The van der Waals surface area contributed by atoms with Crippen molar-refractivity contribution in [2.45, 2.75) is 0 Å². The van der Waals surface area contributed by atoms with Crippen molar-refractivity contribution < 1.29 is 9.59 Å². The number of isocyanates is 1. The van der Waals surface area contributed by atoms with E-state index in [-0.39, 0.29) is 0 Å². The van der Waals surface area contributed by atoms with Crippen LogP contribution in [-0.4, -0.2) is 16.6 Å². The van der Waals surface area contributed by atoms with Gasteiger partial charge < -0.3 is 4.57 Å². The molecule has 4 heteroatoms. The molecule has 0 fully saturated rings. The maximum absolute atomic E-state index is 10.9. The van der Waals surface area contributed by atoms with Crippen LogP contribution in [0, 0.1) is 0 Å². The normalized spacial score (nSPS) is 8.82.